The maximum absolute atomic E-state index is 12.4. The van der Waals surface area contributed by atoms with E-state index in [9.17, 15) is 4.79 Å². The second-order valence-corrected chi connectivity index (χ2v) is 6.93. The van der Waals surface area contributed by atoms with Gasteiger partial charge in [-0.3, -0.25) is 9.78 Å². The van der Waals surface area contributed by atoms with E-state index in [4.69, 9.17) is 4.52 Å². The monoisotopic (exact) mass is 379 g/mol. The maximum atomic E-state index is 12.4. The number of likely N-dealkylation sites (N-methyl/N-ethyl adjacent to an activating group) is 1. The average molecular weight is 379 g/mol. The van der Waals surface area contributed by atoms with E-state index in [1.807, 2.05) is 51.2 Å². The molecule has 0 atom stereocenters. The van der Waals surface area contributed by atoms with Crippen molar-refractivity contribution in [3.05, 3.63) is 71.5 Å². The first-order valence-electron chi connectivity index (χ1n) is 9.34. The Bertz CT molecular complexity index is 908. The lowest BCUT2D eigenvalue weighted by Crippen LogP contribution is -2.27. The Morgan fingerprint density at radius 1 is 1.18 bits per heavy atom. The third-order valence-electron chi connectivity index (χ3n) is 4.43. The van der Waals surface area contributed by atoms with Crippen molar-refractivity contribution < 1.29 is 9.32 Å². The summed E-state index contributed by atoms with van der Waals surface area (Å²) in [7, 11) is 1.99. The number of hydrogen-bond acceptors (Lipinski definition) is 6. The molecule has 3 aromatic heterocycles. The van der Waals surface area contributed by atoms with Gasteiger partial charge >= 0.3 is 0 Å². The van der Waals surface area contributed by atoms with Crippen LogP contribution in [0, 0.1) is 0 Å². The average Bonchev–Trinajstić information content (AvgIpc) is 3.22. The summed E-state index contributed by atoms with van der Waals surface area (Å²) in [5, 5.41) is 6.75. The molecule has 0 aliphatic rings. The Morgan fingerprint density at radius 2 is 2.00 bits per heavy atom. The second kappa shape index (κ2) is 9.12. The highest BCUT2D eigenvalue weighted by Gasteiger charge is 2.15. The zero-order valence-electron chi connectivity index (χ0n) is 16.4. The molecule has 0 spiro atoms. The summed E-state index contributed by atoms with van der Waals surface area (Å²) < 4.78 is 5.20. The summed E-state index contributed by atoms with van der Waals surface area (Å²) in [6.45, 7) is 5.12. The molecule has 0 aromatic carbocycles. The largest absolute Gasteiger partial charge is 0.360 e. The zero-order chi connectivity index (χ0) is 19.9. The van der Waals surface area contributed by atoms with Crippen LogP contribution in [0.3, 0.4) is 0 Å². The molecular formula is C21H25N5O2. The molecule has 0 bridgehead atoms. The van der Waals surface area contributed by atoms with E-state index in [0.29, 0.717) is 12.3 Å². The molecule has 3 heterocycles. The molecule has 1 N–H and O–H groups in total. The van der Waals surface area contributed by atoms with Gasteiger partial charge in [0.2, 0.25) is 0 Å². The molecule has 3 aromatic rings. The Balaban J connectivity index is 1.62. The maximum Gasteiger partial charge on any atom is 0.273 e. The van der Waals surface area contributed by atoms with Gasteiger partial charge in [-0.2, -0.15) is 0 Å². The first-order valence-corrected chi connectivity index (χ1v) is 9.34. The molecule has 7 heteroatoms. The van der Waals surface area contributed by atoms with Crippen LogP contribution in [0.1, 0.15) is 47.3 Å². The molecule has 3 rings (SSSR count). The van der Waals surface area contributed by atoms with Gasteiger partial charge < -0.3 is 14.7 Å². The smallest absolute Gasteiger partial charge is 0.273 e. The van der Waals surface area contributed by atoms with Crippen LogP contribution in [0.2, 0.25) is 0 Å². The van der Waals surface area contributed by atoms with E-state index in [1.165, 1.54) is 0 Å². The van der Waals surface area contributed by atoms with Gasteiger partial charge in [0.05, 0.1) is 0 Å². The molecule has 0 fully saturated rings. The second-order valence-electron chi connectivity index (χ2n) is 6.93. The molecular weight excluding hydrogens is 354 g/mol. The molecule has 0 aliphatic heterocycles. The lowest BCUT2D eigenvalue weighted by atomic mass is 10.1. The van der Waals surface area contributed by atoms with E-state index in [1.54, 1.807) is 18.5 Å². The van der Waals surface area contributed by atoms with E-state index in [-0.39, 0.29) is 17.5 Å². The number of carbonyl (C=O) groups is 1. The van der Waals surface area contributed by atoms with Crippen LogP contribution in [0.5, 0.6) is 0 Å². The third kappa shape index (κ3) is 4.94. The molecule has 0 aliphatic carbocycles. The minimum atomic E-state index is -0.262. The summed E-state index contributed by atoms with van der Waals surface area (Å²) in [6, 6.07) is 11.4. The van der Waals surface area contributed by atoms with Crippen LogP contribution >= 0.6 is 0 Å². The van der Waals surface area contributed by atoms with Crippen LogP contribution in [-0.4, -0.2) is 34.6 Å². The van der Waals surface area contributed by atoms with Crippen molar-refractivity contribution >= 4 is 11.7 Å². The Hall–Kier alpha value is -3.22. The van der Waals surface area contributed by atoms with Crippen LogP contribution in [0.25, 0.3) is 0 Å². The number of carbonyl (C=O) groups excluding carboxylic acids is 1. The van der Waals surface area contributed by atoms with Gasteiger partial charge in [0.15, 0.2) is 5.69 Å². The highest BCUT2D eigenvalue weighted by Crippen LogP contribution is 2.17. The molecule has 0 saturated carbocycles. The quantitative estimate of drug-likeness (QED) is 0.647. The van der Waals surface area contributed by atoms with E-state index in [2.05, 4.69) is 25.3 Å². The highest BCUT2D eigenvalue weighted by molar-refractivity contribution is 5.92. The summed E-state index contributed by atoms with van der Waals surface area (Å²) in [4.78, 5) is 23.3. The SMILES string of the molecule is CC(C)c1cc(C(=O)NCc2cccnc2N(C)CCc2ccccn2)no1. The van der Waals surface area contributed by atoms with Crippen molar-refractivity contribution in [3.63, 3.8) is 0 Å². The number of aromatic nitrogens is 3. The van der Waals surface area contributed by atoms with Gasteiger partial charge in [0.1, 0.15) is 11.6 Å². The molecule has 0 unspecified atom stereocenters. The molecule has 7 nitrogen and oxygen atoms in total. The highest BCUT2D eigenvalue weighted by atomic mass is 16.5. The Kier molecular flexibility index (Phi) is 6.37. The van der Waals surface area contributed by atoms with E-state index < -0.39 is 0 Å². The molecule has 28 heavy (non-hydrogen) atoms. The molecule has 1 amide bonds. The van der Waals surface area contributed by atoms with Crippen LogP contribution in [0.4, 0.5) is 5.82 Å². The number of anilines is 1. The van der Waals surface area contributed by atoms with Crippen molar-refractivity contribution in [2.24, 2.45) is 0 Å². The van der Waals surface area contributed by atoms with E-state index in [0.717, 1.165) is 30.0 Å². The van der Waals surface area contributed by atoms with Gasteiger partial charge in [-0.15, -0.1) is 0 Å². The minimum absolute atomic E-state index is 0.187. The number of amides is 1. The van der Waals surface area contributed by atoms with Gasteiger partial charge in [-0.05, 0) is 18.2 Å². The normalized spacial score (nSPS) is 10.9. The number of hydrogen-bond donors (Lipinski definition) is 1. The molecule has 0 saturated heterocycles. The predicted molar refractivity (Wildman–Crippen MR) is 107 cm³/mol. The fraction of sp³-hybridized carbons (Fsp3) is 0.333. The van der Waals surface area contributed by atoms with Gasteiger partial charge in [0.25, 0.3) is 5.91 Å². The summed E-state index contributed by atoms with van der Waals surface area (Å²) >= 11 is 0. The number of pyridine rings is 2. The van der Waals surface area contributed by atoms with Crippen molar-refractivity contribution in [1.29, 1.82) is 0 Å². The van der Waals surface area contributed by atoms with Crippen molar-refractivity contribution in [3.8, 4) is 0 Å². The van der Waals surface area contributed by atoms with E-state index >= 15 is 0 Å². The first-order chi connectivity index (χ1) is 13.5. The summed E-state index contributed by atoms with van der Waals surface area (Å²) in [6.07, 6.45) is 4.37. The minimum Gasteiger partial charge on any atom is -0.360 e. The third-order valence-corrected chi connectivity index (χ3v) is 4.43. The van der Waals surface area contributed by atoms with Crippen LogP contribution in [0.15, 0.2) is 53.3 Å². The Labute approximate surface area is 164 Å². The predicted octanol–water partition coefficient (Wildman–Crippen LogP) is 3.20. The summed E-state index contributed by atoms with van der Waals surface area (Å²) in [5.74, 6) is 1.46. The topological polar surface area (TPSA) is 84.2 Å². The van der Waals surface area contributed by atoms with Gasteiger partial charge in [-0.25, -0.2) is 4.98 Å². The van der Waals surface area contributed by atoms with Crippen molar-refractivity contribution in [2.75, 3.05) is 18.5 Å². The van der Waals surface area contributed by atoms with Gasteiger partial charge in [-0.1, -0.05) is 31.1 Å². The van der Waals surface area contributed by atoms with Crippen molar-refractivity contribution in [1.82, 2.24) is 20.4 Å². The first kappa shape index (κ1) is 19.5. The molecule has 146 valence electrons. The number of nitrogens with zero attached hydrogens (tertiary/aromatic N) is 4. The lowest BCUT2D eigenvalue weighted by Gasteiger charge is -2.21. The number of nitrogens with one attached hydrogen (secondary N) is 1. The zero-order valence-corrected chi connectivity index (χ0v) is 16.4. The lowest BCUT2D eigenvalue weighted by molar-refractivity contribution is 0.0941. The number of rotatable bonds is 8. The Morgan fingerprint density at radius 3 is 2.71 bits per heavy atom. The van der Waals surface area contributed by atoms with Gasteiger partial charge in [0, 0.05) is 62.2 Å². The van der Waals surface area contributed by atoms with Crippen LogP contribution in [-0.2, 0) is 13.0 Å². The standard InChI is InChI=1S/C21H25N5O2/c1-15(2)19-13-18(25-28-19)21(27)24-14-16-7-6-11-23-20(16)26(3)12-9-17-8-4-5-10-22-17/h4-8,10-11,13,15H,9,12,14H2,1-3H3,(H,24,27). The fourth-order valence-corrected chi connectivity index (χ4v) is 2.78. The fourth-order valence-electron chi connectivity index (χ4n) is 2.78. The van der Waals surface area contributed by atoms with Crippen LogP contribution < -0.4 is 10.2 Å². The van der Waals surface area contributed by atoms with Crippen molar-refractivity contribution in [2.45, 2.75) is 32.7 Å². The summed E-state index contributed by atoms with van der Waals surface area (Å²) in [5.41, 5.74) is 2.26. The molecule has 0 radical (unpaired) electrons.